The van der Waals surface area contributed by atoms with Crippen LogP contribution in [0.1, 0.15) is 36.7 Å². The number of aldehydes is 1. The van der Waals surface area contributed by atoms with Crippen molar-refractivity contribution < 1.29 is 22.7 Å². The molecule has 8 heteroatoms. The maximum atomic E-state index is 12.8. The molecule has 0 bridgehead atoms. The summed E-state index contributed by atoms with van der Waals surface area (Å²) < 4.78 is 32.8. The van der Waals surface area contributed by atoms with Crippen molar-refractivity contribution in [3.05, 3.63) is 29.3 Å². The Hall–Kier alpha value is -1.93. The van der Waals surface area contributed by atoms with Crippen LogP contribution in [0.4, 0.5) is 5.69 Å². The van der Waals surface area contributed by atoms with Gasteiger partial charge < -0.3 is 9.53 Å². The maximum absolute atomic E-state index is 12.8. The second-order valence-corrected chi connectivity index (χ2v) is 7.18. The van der Waals surface area contributed by atoms with Gasteiger partial charge in [-0.05, 0) is 32.4 Å². The minimum absolute atomic E-state index is 0.151. The van der Waals surface area contributed by atoms with Gasteiger partial charge >= 0.3 is 16.2 Å². The molecule has 0 amide bonds. The molecule has 0 atom stereocenters. The van der Waals surface area contributed by atoms with Crippen LogP contribution in [0.2, 0.25) is 0 Å². The SMILES string of the molecule is CCOC(=O)c1cccc2c1N(CC=O)S(=O)(=O)N(C(C)C)C2. The Morgan fingerprint density at radius 1 is 1.39 bits per heavy atom. The van der Waals surface area contributed by atoms with E-state index in [-0.39, 0.29) is 37.0 Å². The highest BCUT2D eigenvalue weighted by atomic mass is 32.2. The molecular formula is C15H20N2O5S. The Bertz CT molecular complexity index is 715. The molecule has 0 spiro atoms. The smallest absolute Gasteiger partial charge is 0.340 e. The number of ether oxygens (including phenoxy) is 1. The molecule has 1 aliphatic rings. The van der Waals surface area contributed by atoms with Gasteiger partial charge in [0.1, 0.15) is 6.29 Å². The highest BCUT2D eigenvalue weighted by Crippen LogP contribution is 2.36. The lowest BCUT2D eigenvalue weighted by atomic mass is 10.1. The van der Waals surface area contributed by atoms with Crippen LogP contribution in [-0.2, 0) is 26.3 Å². The average Bonchev–Trinajstić information content (AvgIpc) is 2.49. The summed E-state index contributed by atoms with van der Waals surface area (Å²) in [5.74, 6) is -0.603. The molecule has 0 saturated heterocycles. The summed E-state index contributed by atoms with van der Waals surface area (Å²) in [6.07, 6.45) is 0.507. The first-order valence-corrected chi connectivity index (χ1v) is 8.76. The number of anilines is 1. The Kier molecular flexibility index (Phi) is 5.06. The van der Waals surface area contributed by atoms with Crippen molar-refractivity contribution in [3.63, 3.8) is 0 Å². The fraction of sp³-hybridized carbons (Fsp3) is 0.467. The van der Waals surface area contributed by atoms with E-state index in [0.717, 1.165) is 4.31 Å². The van der Waals surface area contributed by atoms with E-state index in [9.17, 15) is 18.0 Å². The summed E-state index contributed by atoms with van der Waals surface area (Å²) in [7, 11) is -3.88. The number of para-hydroxylation sites is 1. The van der Waals surface area contributed by atoms with E-state index in [4.69, 9.17) is 4.74 Å². The largest absolute Gasteiger partial charge is 0.462 e. The molecule has 0 fully saturated rings. The summed E-state index contributed by atoms with van der Waals surface area (Å²) in [6, 6.07) is 4.67. The van der Waals surface area contributed by atoms with Gasteiger partial charge in [0, 0.05) is 12.6 Å². The lowest BCUT2D eigenvalue weighted by Crippen LogP contribution is -2.51. The minimum atomic E-state index is -3.88. The van der Waals surface area contributed by atoms with Gasteiger partial charge in [0.15, 0.2) is 0 Å². The van der Waals surface area contributed by atoms with Crippen LogP contribution in [0.25, 0.3) is 0 Å². The molecule has 0 unspecified atom stereocenters. The molecule has 0 aliphatic carbocycles. The van der Waals surface area contributed by atoms with E-state index in [0.29, 0.717) is 11.8 Å². The Morgan fingerprint density at radius 3 is 2.65 bits per heavy atom. The van der Waals surface area contributed by atoms with Gasteiger partial charge in [0.25, 0.3) is 0 Å². The molecule has 126 valence electrons. The van der Waals surface area contributed by atoms with Crippen molar-refractivity contribution in [2.75, 3.05) is 17.5 Å². The van der Waals surface area contributed by atoms with Gasteiger partial charge in [-0.15, -0.1) is 0 Å². The molecule has 0 aromatic heterocycles. The molecule has 0 saturated carbocycles. The van der Waals surface area contributed by atoms with Crippen LogP contribution in [0.15, 0.2) is 18.2 Å². The number of nitrogens with zero attached hydrogens (tertiary/aromatic N) is 2. The topological polar surface area (TPSA) is 84.0 Å². The van der Waals surface area contributed by atoms with Crippen molar-refractivity contribution in [2.45, 2.75) is 33.4 Å². The predicted molar refractivity (Wildman–Crippen MR) is 85.4 cm³/mol. The summed E-state index contributed by atoms with van der Waals surface area (Å²) in [4.78, 5) is 23.2. The molecule has 0 N–H and O–H groups in total. The van der Waals surface area contributed by atoms with Crippen LogP contribution >= 0.6 is 0 Å². The first kappa shape index (κ1) is 17.4. The Morgan fingerprint density at radius 2 is 2.09 bits per heavy atom. The van der Waals surface area contributed by atoms with Gasteiger partial charge in [-0.25, -0.2) is 9.10 Å². The number of fused-ring (bicyclic) bond motifs is 1. The normalized spacial score (nSPS) is 17.0. The standard InChI is InChI=1S/C15H20N2O5S/c1-4-22-15(19)13-7-5-6-12-10-17(11(2)3)23(20,21)16(8-9-18)14(12)13/h5-7,9,11H,4,8,10H2,1-3H3. The van der Waals surface area contributed by atoms with Gasteiger partial charge in [-0.2, -0.15) is 12.7 Å². The van der Waals surface area contributed by atoms with E-state index in [1.807, 2.05) is 0 Å². The van der Waals surface area contributed by atoms with Crippen LogP contribution in [-0.4, -0.2) is 44.2 Å². The zero-order valence-corrected chi connectivity index (χ0v) is 14.2. The van der Waals surface area contributed by atoms with Gasteiger partial charge in [0.2, 0.25) is 0 Å². The van der Waals surface area contributed by atoms with Crippen molar-refractivity contribution >= 4 is 28.2 Å². The predicted octanol–water partition coefficient (Wildman–Crippen LogP) is 1.34. The maximum Gasteiger partial charge on any atom is 0.340 e. The van der Waals surface area contributed by atoms with Crippen molar-refractivity contribution in [3.8, 4) is 0 Å². The van der Waals surface area contributed by atoms with E-state index in [1.165, 1.54) is 10.4 Å². The third-order valence-electron chi connectivity index (χ3n) is 3.58. The first-order chi connectivity index (χ1) is 10.8. The molecule has 0 radical (unpaired) electrons. The van der Waals surface area contributed by atoms with Crippen LogP contribution in [0.5, 0.6) is 0 Å². The van der Waals surface area contributed by atoms with Crippen molar-refractivity contribution in [1.29, 1.82) is 0 Å². The number of benzene rings is 1. The monoisotopic (exact) mass is 340 g/mol. The Labute approximate surface area is 136 Å². The number of carbonyl (C=O) groups excluding carboxylic acids is 2. The summed E-state index contributed by atoms with van der Waals surface area (Å²) >= 11 is 0. The highest BCUT2D eigenvalue weighted by Gasteiger charge is 2.40. The number of hydrogen-bond acceptors (Lipinski definition) is 5. The molecule has 1 aromatic carbocycles. The summed E-state index contributed by atoms with van der Waals surface area (Å²) in [5, 5.41) is 0. The number of carbonyl (C=O) groups is 2. The molecule has 1 heterocycles. The van der Waals surface area contributed by atoms with E-state index in [2.05, 4.69) is 0 Å². The quantitative estimate of drug-likeness (QED) is 0.596. The van der Waals surface area contributed by atoms with Crippen molar-refractivity contribution in [2.24, 2.45) is 0 Å². The van der Waals surface area contributed by atoms with Crippen LogP contribution < -0.4 is 4.31 Å². The average molecular weight is 340 g/mol. The summed E-state index contributed by atoms with van der Waals surface area (Å²) in [5.41, 5.74) is 1.05. The van der Waals surface area contributed by atoms with Gasteiger partial charge in [0.05, 0.1) is 24.4 Å². The molecule has 2 rings (SSSR count). The van der Waals surface area contributed by atoms with Gasteiger partial charge in [-0.1, -0.05) is 12.1 Å². The summed E-state index contributed by atoms with van der Waals surface area (Å²) in [6.45, 7) is 5.18. The lowest BCUT2D eigenvalue weighted by molar-refractivity contribution is -0.106. The fourth-order valence-electron chi connectivity index (χ4n) is 2.58. The Balaban J connectivity index is 2.66. The van der Waals surface area contributed by atoms with Gasteiger partial charge in [-0.3, -0.25) is 0 Å². The first-order valence-electron chi connectivity index (χ1n) is 7.36. The number of esters is 1. The molecule has 1 aromatic rings. The highest BCUT2D eigenvalue weighted by molar-refractivity contribution is 7.90. The van der Waals surface area contributed by atoms with Crippen molar-refractivity contribution in [1.82, 2.24) is 4.31 Å². The minimum Gasteiger partial charge on any atom is -0.462 e. The second-order valence-electron chi connectivity index (χ2n) is 5.38. The second kappa shape index (κ2) is 6.67. The van der Waals surface area contributed by atoms with E-state index >= 15 is 0 Å². The molecule has 7 nitrogen and oxygen atoms in total. The van der Waals surface area contributed by atoms with E-state index < -0.39 is 16.2 Å². The number of rotatable bonds is 5. The molecule has 23 heavy (non-hydrogen) atoms. The zero-order chi connectivity index (χ0) is 17.2. The number of hydrogen-bond donors (Lipinski definition) is 0. The molecule has 1 aliphatic heterocycles. The molecular weight excluding hydrogens is 320 g/mol. The van der Waals surface area contributed by atoms with Crippen LogP contribution in [0.3, 0.4) is 0 Å². The lowest BCUT2D eigenvalue weighted by Gasteiger charge is -2.39. The van der Waals surface area contributed by atoms with E-state index in [1.54, 1.807) is 32.9 Å². The fourth-order valence-corrected chi connectivity index (χ4v) is 4.36. The van der Waals surface area contributed by atoms with Crippen LogP contribution in [0, 0.1) is 0 Å². The third-order valence-corrected chi connectivity index (χ3v) is 5.61. The third kappa shape index (κ3) is 3.09. The zero-order valence-electron chi connectivity index (χ0n) is 13.4.